The Morgan fingerprint density at radius 1 is 1.25 bits per heavy atom. The largest absolute Gasteiger partial charge is 0.444 e. The number of carbonyl (C=O) groups is 2. The molecule has 2 fully saturated rings. The molecule has 0 unspecified atom stereocenters. The molecule has 0 aromatic carbocycles. The normalized spacial score (nSPS) is 29.4. The van der Waals surface area contributed by atoms with Crippen molar-refractivity contribution in [2.45, 2.75) is 64.1 Å². The maximum atomic E-state index is 12.0. The van der Waals surface area contributed by atoms with Crippen LogP contribution in [-0.4, -0.2) is 34.5 Å². The van der Waals surface area contributed by atoms with Crippen molar-refractivity contribution >= 4 is 11.9 Å². The van der Waals surface area contributed by atoms with Crippen molar-refractivity contribution in [1.29, 1.82) is 0 Å². The van der Waals surface area contributed by atoms with Gasteiger partial charge in [-0.25, -0.2) is 4.79 Å². The molecule has 0 radical (unpaired) electrons. The Morgan fingerprint density at radius 3 is 2.19 bits per heavy atom. The third-order valence-electron chi connectivity index (χ3n) is 3.15. The smallest absolute Gasteiger partial charge is 0.410 e. The van der Waals surface area contributed by atoms with Crippen LogP contribution in [0, 0.1) is 0 Å². The number of amides is 1. The van der Waals surface area contributed by atoms with Gasteiger partial charge < -0.3 is 9.64 Å². The number of carbonyl (C=O) groups excluding carboxylic acids is 2. The molecule has 2 atom stereocenters. The summed E-state index contributed by atoms with van der Waals surface area (Å²) in [6.45, 7) is 5.59. The minimum absolute atomic E-state index is 0.0844. The van der Waals surface area contributed by atoms with Gasteiger partial charge in [0.15, 0.2) is 0 Å². The average molecular weight is 225 g/mol. The number of piperidine rings is 1. The first kappa shape index (κ1) is 11.4. The van der Waals surface area contributed by atoms with Gasteiger partial charge in [-0.15, -0.1) is 0 Å². The Hall–Kier alpha value is -1.06. The lowest BCUT2D eigenvalue weighted by atomic mass is 10.0. The third-order valence-corrected chi connectivity index (χ3v) is 3.15. The van der Waals surface area contributed by atoms with E-state index < -0.39 is 5.60 Å². The van der Waals surface area contributed by atoms with E-state index in [0.717, 1.165) is 12.8 Å². The summed E-state index contributed by atoms with van der Waals surface area (Å²) in [7, 11) is 0. The average Bonchev–Trinajstić information content (AvgIpc) is 2.36. The molecule has 2 aliphatic heterocycles. The van der Waals surface area contributed by atoms with Crippen LogP contribution in [0.5, 0.6) is 0 Å². The summed E-state index contributed by atoms with van der Waals surface area (Å²) in [5, 5.41) is 0. The van der Waals surface area contributed by atoms with Crippen LogP contribution in [0.3, 0.4) is 0 Å². The van der Waals surface area contributed by atoms with Crippen molar-refractivity contribution in [2.75, 3.05) is 0 Å². The molecule has 0 N–H and O–H groups in total. The summed E-state index contributed by atoms with van der Waals surface area (Å²) in [6, 6.07) is 0.169. The maximum absolute atomic E-state index is 12.0. The summed E-state index contributed by atoms with van der Waals surface area (Å²) in [4.78, 5) is 25.2. The number of Topliss-reactive ketones (excluding diaryl/α,β-unsaturated/α-hetero) is 1. The second kappa shape index (κ2) is 3.75. The van der Waals surface area contributed by atoms with Gasteiger partial charge in [-0.3, -0.25) is 4.79 Å². The zero-order valence-corrected chi connectivity index (χ0v) is 10.2. The monoisotopic (exact) mass is 225 g/mol. The summed E-state index contributed by atoms with van der Waals surface area (Å²) in [6.07, 6.45) is 2.64. The Labute approximate surface area is 95.9 Å². The van der Waals surface area contributed by atoms with Gasteiger partial charge in [-0.05, 0) is 33.6 Å². The standard InChI is InChI=1S/C12H19NO3/c1-12(2,3)16-11(15)13-8-4-5-9(13)7-10(14)6-8/h8-9H,4-7H2,1-3H3/t8-,9-/m1/s1. The van der Waals surface area contributed by atoms with Gasteiger partial charge in [0.05, 0.1) is 0 Å². The highest BCUT2D eigenvalue weighted by Gasteiger charge is 2.44. The van der Waals surface area contributed by atoms with E-state index in [0.29, 0.717) is 12.8 Å². The molecule has 16 heavy (non-hydrogen) atoms. The van der Waals surface area contributed by atoms with Gasteiger partial charge in [0.2, 0.25) is 0 Å². The van der Waals surface area contributed by atoms with Gasteiger partial charge >= 0.3 is 6.09 Å². The molecule has 4 heteroatoms. The number of rotatable bonds is 0. The summed E-state index contributed by atoms with van der Waals surface area (Å²) < 4.78 is 5.37. The van der Waals surface area contributed by atoms with E-state index >= 15 is 0 Å². The Morgan fingerprint density at radius 2 is 1.75 bits per heavy atom. The Balaban J connectivity index is 2.06. The fourth-order valence-electron chi connectivity index (χ4n) is 2.58. The van der Waals surface area contributed by atoms with E-state index in [9.17, 15) is 9.59 Å². The molecule has 0 saturated carbocycles. The lowest BCUT2D eigenvalue weighted by Crippen LogP contribution is -2.48. The van der Waals surface area contributed by atoms with E-state index in [1.807, 2.05) is 20.8 Å². The highest BCUT2D eigenvalue weighted by molar-refractivity contribution is 5.83. The predicted octanol–water partition coefficient (Wildman–Crippen LogP) is 2.12. The van der Waals surface area contributed by atoms with Crippen molar-refractivity contribution in [3.8, 4) is 0 Å². The van der Waals surface area contributed by atoms with Crippen LogP contribution in [0.1, 0.15) is 46.5 Å². The fourth-order valence-corrected chi connectivity index (χ4v) is 2.58. The van der Waals surface area contributed by atoms with Crippen LogP contribution < -0.4 is 0 Å². The predicted molar refractivity (Wildman–Crippen MR) is 59.1 cm³/mol. The van der Waals surface area contributed by atoms with Gasteiger partial charge in [0.1, 0.15) is 11.4 Å². The second-order valence-corrected chi connectivity index (χ2v) is 5.72. The van der Waals surface area contributed by atoms with Crippen LogP contribution in [0.15, 0.2) is 0 Å². The number of ether oxygens (including phenoxy) is 1. The van der Waals surface area contributed by atoms with Crippen LogP contribution >= 0.6 is 0 Å². The number of hydrogen-bond donors (Lipinski definition) is 0. The van der Waals surface area contributed by atoms with Crippen molar-refractivity contribution in [3.05, 3.63) is 0 Å². The van der Waals surface area contributed by atoms with Crippen molar-refractivity contribution in [2.24, 2.45) is 0 Å². The number of hydrogen-bond acceptors (Lipinski definition) is 3. The number of fused-ring (bicyclic) bond motifs is 2. The molecule has 0 aliphatic carbocycles. The SMILES string of the molecule is CC(C)(C)OC(=O)N1[C@@H]2CC[C@@H]1CC(=O)C2. The Kier molecular flexibility index (Phi) is 2.68. The van der Waals surface area contributed by atoms with Crippen LogP contribution in [0.4, 0.5) is 4.79 Å². The molecule has 2 aliphatic rings. The molecule has 2 heterocycles. The lowest BCUT2D eigenvalue weighted by molar-refractivity contribution is -0.123. The summed E-state index contributed by atoms with van der Waals surface area (Å²) in [5.41, 5.74) is -0.460. The topological polar surface area (TPSA) is 46.6 Å². The molecule has 2 bridgehead atoms. The molecule has 90 valence electrons. The van der Waals surface area contributed by atoms with E-state index in [2.05, 4.69) is 0 Å². The molecular formula is C12H19NO3. The van der Waals surface area contributed by atoms with Crippen molar-refractivity contribution < 1.29 is 14.3 Å². The van der Waals surface area contributed by atoms with Crippen LogP contribution in [0.2, 0.25) is 0 Å². The molecule has 0 aromatic heterocycles. The first-order valence-electron chi connectivity index (χ1n) is 5.90. The van der Waals surface area contributed by atoms with E-state index in [4.69, 9.17) is 4.74 Å². The number of ketones is 1. The minimum Gasteiger partial charge on any atom is -0.444 e. The zero-order valence-electron chi connectivity index (χ0n) is 10.2. The van der Waals surface area contributed by atoms with Gasteiger partial charge in [-0.2, -0.15) is 0 Å². The highest BCUT2D eigenvalue weighted by atomic mass is 16.6. The number of nitrogens with zero attached hydrogens (tertiary/aromatic N) is 1. The molecular weight excluding hydrogens is 206 g/mol. The zero-order chi connectivity index (χ0) is 11.9. The fraction of sp³-hybridized carbons (Fsp3) is 0.833. The molecule has 2 rings (SSSR count). The quantitative estimate of drug-likeness (QED) is 0.634. The van der Waals surface area contributed by atoms with E-state index in [1.54, 1.807) is 4.90 Å². The first-order chi connectivity index (χ1) is 7.37. The van der Waals surface area contributed by atoms with E-state index in [1.165, 1.54) is 0 Å². The lowest BCUT2D eigenvalue weighted by Gasteiger charge is -2.35. The maximum Gasteiger partial charge on any atom is 0.410 e. The van der Waals surface area contributed by atoms with Crippen LogP contribution in [0.25, 0.3) is 0 Å². The van der Waals surface area contributed by atoms with Crippen molar-refractivity contribution in [1.82, 2.24) is 4.90 Å². The van der Waals surface area contributed by atoms with E-state index in [-0.39, 0.29) is 24.0 Å². The van der Waals surface area contributed by atoms with Gasteiger partial charge in [0, 0.05) is 24.9 Å². The molecule has 2 saturated heterocycles. The second-order valence-electron chi connectivity index (χ2n) is 5.72. The summed E-state index contributed by atoms with van der Waals surface area (Å²) in [5.74, 6) is 0.285. The molecule has 4 nitrogen and oxygen atoms in total. The van der Waals surface area contributed by atoms with Crippen LogP contribution in [-0.2, 0) is 9.53 Å². The first-order valence-corrected chi connectivity index (χ1v) is 5.90. The van der Waals surface area contributed by atoms with Crippen molar-refractivity contribution in [3.63, 3.8) is 0 Å². The molecule has 0 aromatic rings. The summed E-state index contributed by atoms with van der Waals surface area (Å²) >= 11 is 0. The Bertz CT molecular complexity index is 303. The minimum atomic E-state index is -0.460. The molecule has 0 spiro atoms. The van der Waals surface area contributed by atoms with Gasteiger partial charge in [-0.1, -0.05) is 0 Å². The highest BCUT2D eigenvalue weighted by Crippen LogP contribution is 2.34. The third kappa shape index (κ3) is 2.20. The molecule has 1 amide bonds. The van der Waals surface area contributed by atoms with Gasteiger partial charge in [0.25, 0.3) is 0 Å².